The fourth-order valence-electron chi connectivity index (χ4n) is 1.92. The Morgan fingerprint density at radius 1 is 1.33 bits per heavy atom. The number of hydrogen-bond acceptors (Lipinski definition) is 5. The maximum atomic E-state index is 12.1. The predicted molar refractivity (Wildman–Crippen MR) is 60.8 cm³/mol. The molecule has 1 aromatic rings. The van der Waals surface area contributed by atoms with Gasteiger partial charge in [0.1, 0.15) is 11.2 Å². The number of amides is 2. The van der Waals surface area contributed by atoms with Crippen LogP contribution in [0.15, 0.2) is 18.3 Å². The van der Waals surface area contributed by atoms with E-state index in [1.165, 1.54) is 33.2 Å². The highest BCUT2D eigenvalue weighted by Gasteiger charge is 2.49. The largest absolute Gasteiger partial charge is 0.467 e. The third-order valence-corrected chi connectivity index (χ3v) is 2.89. The molecule has 1 aliphatic heterocycles. The lowest BCUT2D eigenvalue weighted by Gasteiger charge is -2.30. The SMILES string of the molecule is COC(=O)C(C)(C)N1C(=O)c2cccnc2C1=O. The zero-order valence-electron chi connectivity index (χ0n) is 10.3. The van der Waals surface area contributed by atoms with Crippen LogP contribution in [0.1, 0.15) is 34.7 Å². The zero-order chi connectivity index (χ0) is 13.5. The van der Waals surface area contributed by atoms with Crippen LogP contribution in [-0.2, 0) is 9.53 Å². The van der Waals surface area contributed by atoms with Gasteiger partial charge in [-0.05, 0) is 26.0 Å². The Hall–Kier alpha value is -2.24. The van der Waals surface area contributed by atoms with Gasteiger partial charge < -0.3 is 4.74 Å². The highest BCUT2D eigenvalue weighted by atomic mass is 16.5. The van der Waals surface area contributed by atoms with Crippen LogP contribution in [0.2, 0.25) is 0 Å². The Kier molecular flexibility index (Phi) is 2.65. The molecular weight excluding hydrogens is 236 g/mol. The summed E-state index contributed by atoms with van der Waals surface area (Å²) in [6.07, 6.45) is 1.43. The molecular formula is C12H12N2O4. The van der Waals surface area contributed by atoms with Gasteiger partial charge in [-0.3, -0.25) is 19.5 Å². The molecule has 2 heterocycles. The lowest BCUT2D eigenvalue weighted by molar-refractivity contribution is -0.150. The summed E-state index contributed by atoms with van der Waals surface area (Å²) in [5.41, 5.74) is -1.08. The molecule has 0 unspecified atom stereocenters. The van der Waals surface area contributed by atoms with Crippen molar-refractivity contribution in [1.29, 1.82) is 0 Å². The first-order valence-corrected chi connectivity index (χ1v) is 5.33. The fourth-order valence-corrected chi connectivity index (χ4v) is 1.92. The number of carbonyl (C=O) groups excluding carboxylic acids is 3. The van der Waals surface area contributed by atoms with Crippen molar-refractivity contribution < 1.29 is 19.1 Å². The summed E-state index contributed by atoms with van der Waals surface area (Å²) in [6, 6.07) is 3.08. The van der Waals surface area contributed by atoms with E-state index in [1.807, 2.05) is 0 Å². The number of aromatic nitrogens is 1. The van der Waals surface area contributed by atoms with E-state index in [1.54, 1.807) is 6.07 Å². The molecule has 0 saturated carbocycles. The van der Waals surface area contributed by atoms with Crippen molar-refractivity contribution in [2.75, 3.05) is 7.11 Å². The summed E-state index contributed by atoms with van der Waals surface area (Å²) in [5.74, 6) is -1.76. The summed E-state index contributed by atoms with van der Waals surface area (Å²) in [6.45, 7) is 2.92. The second kappa shape index (κ2) is 3.90. The van der Waals surface area contributed by atoms with Crippen LogP contribution in [0.4, 0.5) is 0 Å². The maximum Gasteiger partial charge on any atom is 0.331 e. The highest BCUT2D eigenvalue weighted by Crippen LogP contribution is 2.28. The lowest BCUT2D eigenvalue weighted by atomic mass is 10.0. The maximum absolute atomic E-state index is 12.1. The van der Waals surface area contributed by atoms with E-state index in [2.05, 4.69) is 9.72 Å². The summed E-state index contributed by atoms with van der Waals surface area (Å²) in [5, 5.41) is 0. The van der Waals surface area contributed by atoms with Crippen LogP contribution in [0.5, 0.6) is 0 Å². The summed E-state index contributed by atoms with van der Waals surface area (Å²) < 4.78 is 4.62. The second-order valence-corrected chi connectivity index (χ2v) is 4.40. The molecule has 2 amide bonds. The quantitative estimate of drug-likeness (QED) is 0.566. The Balaban J connectivity index is 2.49. The number of esters is 1. The molecule has 0 atom stereocenters. The number of rotatable bonds is 2. The van der Waals surface area contributed by atoms with Gasteiger partial charge in [0, 0.05) is 6.20 Å². The molecule has 1 aromatic heterocycles. The van der Waals surface area contributed by atoms with Gasteiger partial charge in [-0.2, -0.15) is 0 Å². The van der Waals surface area contributed by atoms with Crippen LogP contribution in [0, 0.1) is 0 Å². The Morgan fingerprint density at radius 2 is 2.00 bits per heavy atom. The number of ether oxygens (including phenoxy) is 1. The molecule has 0 bridgehead atoms. The summed E-state index contributed by atoms with van der Waals surface area (Å²) in [4.78, 5) is 40.7. The van der Waals surface area contributed by atoms with Crippen molar-refractivity contribution in [2.24, 2.45) is 0 Å². The van der Waals surface area contributed by atoms with E-state index >= 15 is 0 Å². The Labute approximate surface area is 104 Å². The van der Waals surface area contributed by atoms with Gasteiger partial charge in [0.15, 0.2) is 0 Å². The standard InChI is InChI=1S/C12H12N2O4/c1-12(2,11(17)18-3)14-9(15)7-5-4-6-13-8(7)10(14)16/h4-6H,1-3H3. The molecule has 6 nitrogen and oxygen atoms in total. The van der Waals surface area contributed by atoms with E-state index in [0.717, 1.165) is 4.90 Å². The Morgan fingerprint density at radius 3 is 2.56 bits per heavy atom. The third-order valence-electron chi connectivity index (χ3n) is 2.89. The van der Waals surface area contributed by atoms with E-state index in [0.29, 0.717) is 0 Å². The van der Waals surface area contributed by atoms with E-state index in [4.69, 9.17) is 0 Å². The van der Waals surface area contributed by atoms with E-state index in [9.17, 15) is 14.4 Å². The van der Waals surface area contributed by atoms with Crippen molar-refractivity contribution in [3.63, 3.8) is 0 Å². The van der Waals surface area contributed by atoms with Gasteiger partial charge in [0.2, 0.25) is 0 Å². The molecule has 18 heavy (non-hydrogen) atoms. The molecule has 2 rings (SSSR count). The van der Waals surface area contributed by atoms with Crippen molar-refractivity contribution in [3.05, 3.63) is 29.6 Å². The molecule has 0 radical (unpaired) electrons. The van der Waals surface area contributed by atoms with Crippen LogP contribution in [0.25, 0.3) is 0 Å². The minimum atomic E-state index is -1.36. The smallest absolute Gasteiger partial charge is 0.331 e. The number of nitrogens with zero attached hydrogens (tertiary/aromatic N) is 2. The minimum Gasteiger partial charge on any atom is -0.467 e. The predicted octanol–water partition coefficient (Wildman–Crippen LogP) is 0.629. The van der Waals surface area contributed by atoms with Crippen molar-refractivity contribution in [3.8, 4) is 0 Å². The topological polar surface area (TPSA) is 76.6 Å². The molecule has 0 spiro atoms. The number of carbonyl (C=O) groups is 3. The van der Waals surface area contributed by atoms with Crippen molar-refractivity contribution in [2.45, 2.75) is 19.4 Å². The normalized spacial score (nSPS) is 14.7. The van der Waals surface area contributed by atoms with E-state index < -0.39 is 23.3 Å². The van der Waals surface area contributed by atoms with Gasteiger partial charge in [-0.25, -0.2) is 4.79 Å². The van der Waals surface area contributed by atoms with Gasteiger partial charge in [-0.15, -0.1) is 0 Å². The number of hydrogen-bond donors (Lipinski definition) is 0. The molecule has 0 fully saturated rings. The van der Waals surface area contributed by atoms with Gasteiger partial charge in [0.25, 0.3) is 11.8 Å². The molecule has 0 aliphatic carbocycles. The molecule has 6 heteroatoms. The second-order valence-electron chi connectivity index (χ2n) is 4.40. The summed E-state index contributed by atoms with van der Waals surface area (Å²) >= 11 is 0. The highest BCUT2D eigenvalue weighted by molar-refractivity contribution is 6.22. The van der Waals surface area contributed by atoms with Gasteiger partial charge in [0.05, 0.1) is 12.7 Å². The van der Waals surface area contributed by atoms with Gasteiger partial charge >= 0.3 is 5.97 Å². The molecule has 94 valence electrons. The molecule has 0 saturated heterocycles. The minimum absolute atomic E-state index is 0.0690. The summed E-state index contributed by atoms with van der Waals surface area (Å²) in [7, 11) is 1.21. The average Bonchev–Trinajstić information content (AvgIpc) is 2.62. The average molecular weight is 248 g/mol. The third kappa shape index (κ3) is 1.49. The van der Waals surface area contributed by atoms with Gasteiger partial charge in [-0.1, -0.05) is 0 Å². The van der Waals surface area contributed by atoms with Crippen LogP contribution < -0.4 is 0 Å². The Bertz CT molecular complexity index is 516. The van der Waals surface area contributed by atoms with Crippen LogP contribution in [0.3, 0.4) is 0 Å². The number of imide groups is 1. The molecule has 1 aliphatic rings. The number of pyridine rings is 1. The lowest BCUT2D eigenvalue weighted by Crippen LogP contribution is -2.53. The first-order valence-electron chi connectivity index (χ1n) is 5.33. The van der Waals surface area contributed by atoms with Crippen LogP contribution >= 0.6 is 0 Å². The van der Waals surface area contributed by atoms with Crippen molar-refractivity contribution in [1.82, 2.24) is 9.88 Å². The van der Waals surface area contributed by atoms with E-state index in [-0.39, 0.29) is 11.3 Å². The monoisotopic (exact) mass is 248 g/mol. The van der Waals surface area contributed by atoms with Crippen molar-refractivity contribution >= 4 is 17.8 Å². The first kappa shape index (κ1) is 12.2. The number of fused-ring (bicyclic) bond motifs is 1. The number of methoxy groups -OCH3 is 1. The molecule has 0 aromatic carbocycles. The van der Waals surface area contributed by atoms with Crippen LogP contribution in [-0.4, -0.2) is 40.3 Å². The zero-order valence-corrected chi connectivity index (χ0v) is 10.3. The first-order chi connectivity index (χ1) is 8.41. The fraction of sp³-hybridized carbons (Fsp3) is 0.333. The molecule has 0 N–H and O–H groups in total.